The summed E-state index contributed by atoms with van der Waals surface area (Å²) in [5, 5.41) is 1.65. The lowest BCUT2D eigenvalue weighted by Crippen LogP contribution is -2.45. The number of hydrazine groups is 1. The van der Waals surface area contributed by atoms with E-state index in [1.165, 1.54) is 6.07 Å². The number of nitrogens with two attached hydrogens (primary N) is 1. The summed E-state index contributed by atoms with van der Waals surface area (Å²) in [6.45, 7) is 1.34. The number of nitrogen functional groups attached to an aromatic ring is 1. The molecule has 1 aromatic rings. The van der Waals surface area contributed by atoms with Crippen molar-refractivity contribution in [3.63, 3.8) is 0 Å². The van der Waals surface area contributed by atoms with Gasteiger partial charge >= 0.3 is 0 Å². The summed E-state index contributed by atoms with van der Waals surface area (Å²) in [5.41, 5.74) is 5.48. The summed E-state index contributed by atoms with van der Waals surface area (Å²) in [5.74, 6) is -0.588. The Morgan fingerprint density at radius 1 is 1.26 bits per heavy atom. The summed E-state index contributed by atoms with van der Waals surface area (Å²) in [7, 11) is -3.78. The van der Waals surface area contributed by atoms with E-state index >= 15 is 0 Å². The molecule has 2 rings (SSSR count). The molecule has 1 heterocycles. The summed E-state index contributed by atoms with van der Waals surface area (Å²) >= 11 is 2.96. The Labute approximate surface area is 120 Å². The van der Waals surface area contributed by atoms with Crippen LogP contribution in [0.3, 0.4) is 0 Å². The summed E-state index contributed by atoms with van der Waals surface area (Å²) in [4.78, 5) is 2.36. The van der Waals surface area contributed by atoms with Gasteiger partial charge in [-0.3, -0.25) is 0 Å². The molecule has 0 bridgehead atoms. The highest BCUT2D eigenvalue weighted by Crippen LogP contribution is 2.26. The Bertz CT molecular complexity index is 574. The van der Waals surface area contributed by atoms with Crippen molar-refractivity contribution < 1.29 is 12.8 Å². The summed E-state index contributed by atoms with van der Waals surface area (Å²) < 4.78 is 37.7. The third kappa shape index (κ3) is 3.44. The Balaban J connectivity index is 2.26. The van der Waals surface area contributed by atoms with Gasteiger partial charge in [-0.25, -0.2) is 17.8 Å². The van der Waals surface area contributed by atoms with Crippen molar-refractivity contribution in [3.8, 4) is 0 Å². The van der Waals surface area contributed by atoms with Crippen LogP contribution in [-0.4, -0.2) is 26.5 Å². The van der Waals surface area contributed by atoms with Crippen molar-refractivity contribution in [3.05, 3.63) is 22.4 Å². The van der Waals surface area contributed by atoms with Gasteiger partial charge in [-0.05, 0) is 40.9 Å². The Kier molecular flexibility index (Phi) is 4.44. The number of halogens is 2. The first-order valence-corrected chi connectivity index (χ1v) is 8.20. The van der Waals surface area contributed by atoms with E-state index in [4.69, 9.17) is 5.73 Å². The van der Waals surface area contributed by atoms with Gasteiger partial charge < -0.3 is 5.73 Å². The molecule has 5 nitrogen and oxygen atoms in total. The minimum Gasteiger partial charge on any atom is -0.398 e. The quantitative estimate of drug-likeness (QED) is 0.815. The van der Waals surface area contributed by atoms with Crippen LogP contribution in [0.5, 0.6) is 0 Å². The molecule has 1 saturated heterocycles. The van der Waals surface area contributed by atoms with Crippen LogP contribution in [0.15, 0.2) is 21.5 Å². The van der Waals surface area contributed by atoms with Crippen LogP contribution >= 0.6 is 15.9 Å². The highest BCUT2D eigenvalue weighted by molar-refractivity contribution is 9.10. The van der Waals surface area contributed by atoms with Gasteiger partial charge in [0.1, 0.15) is 10.7 Å². The maximum atomic E-state index is 13.3. The third-order valence-corrected chi connectivity index (χ3v) is 4.99. The van der Waals surface area contributed by atoms with E-state index in [9.17, 15) is 12.8 Å². The smallest absolute Gasteiger partial charge is 0.255 e. The Hall–Kier alpha value is -0.700. The van der Waals surface area contributed by atoms with Crippen LogP contribution in [0.2, 0.25) is 0 Å². The van der Waals surface area contributed by atoms with Crippen molar-refractivity contribution in [2.24, 2.45) is 0 Å². The number of piperidine rings is 1. The second-order valence-electron chi connectivity index (χ2n) is 4.45. The molecule has 1 fully saturated rings. The number of anilines is 1. The summed E-state index contributed by atoms with van der Waals surface area (Å²) in [6.07, 6.45) is 3.00. The molecule has 8 heteroatoms. The van der Waals surface area contributed by atoms with Crippen LogP contribution in [-0.2, 0) is 10.0 Å². The molecule has 0 amide bonds. The lowest BCUT2D eigenvalue weighted by molar-refractivity contribution is 0.200. The third-order valence-electron chi connectivity index (χ3n) is 2.95. The van der Waals surface area contributed by atoms with Gasteiger partial charge in [-0.15, -0.1) is 4.83 Å². The Morgan fingerprint density at radius 3 is 2.53 bits per heavy atom. The van der Waals surface area contributed by atoms with E-state index in [-0.39, 0.29) is 15.1 Å². The number of rotatable bonds is 3. The molecule has 1 aliphatic heterocycles. The zero-order valence-electron chi connectivity index (χ0n) is 10.2. The molecular formula is C11H15BrFN3O2S. The molecule has 3 N–H and O–H groups in total. The molecule has 1 aromatic carbocycles. The number of sulfonamides is 1. The van der Waals surface area contributed by atoms with E-state index in [1.807, 2.05) is 0 Å². The predicted molar refractivity (Wildman–Crippen MR) is 74.3 cm³/mol. The maximum Gasteiger partial charge on any atom is 0.255 e. The van der Waals surface area contributed by atoms with Crippen molar-refractivity contribution in [1.29, 1.82) is 0 Å². The second-order valence-corrected chi connectivity index (χ2v) is 6.93. The first-order valence-electron chi connectivity index (χ1n) is 5.92. The molecule has 106 valence electrons. The van der Waals surface area contributed by atoms with Gasteiger partial charge in [0.15, 0.2) is 0 Å². The molecule has 0 aliphatic carbocycles. The zero-order valence-corrected chi connectivity index (χ0v) is 12.6. The van der Waals surface area contributed by atoms with Gasteiger partial charge in [0, 0.05) is 13.1 Å². The molecule has 0 radical (unpaired) electrons. The van der Waals surface area contributed by atoms with Crippen LogP contribution in [0.25, 0.3) is 0 Å². The monoisotopic (exact) mass is 351 g/mol. The average molecular weight is 352 g/mol. The highest BCUT2D eigenvalue weighted by Gasteiger charge is 2.23. The van der Waals surface area contributed by atoms with Gasteiger partial charge in [0.2, 0.25) is 0 Å². The highest BCUT2D eigenvalue weighted by atomic mass is 79.9. The Morgan fingerprint density at radius 2 is 1.89 bits per heavy atom. The average Bonchev–Trinajstić information content (AvgIpc) is 2.34. The first kappa shape index (κ1) is 14.7. The molecule has 0 spiro atoms. The minimum atomic E-state index is -3.78. The minimum absolute atomic E-state index is 0.0701. The lowest BCUT2D eigenvalue weighted by atomic mass is 10.2. The van der Waals surface area contributed by atoms with Crippen LogP contribution < -0.4 is 10.6 Å². The van der Waals surface area contributed by atoms with E-state index in [1.54, 1.807) is 5.01 Å². The normalized spacial score (nSPS) is 17.6. The fourth-order valence-electron chi connectivity index (χ4n) is 1.98. The standard InChI is InChI=1S/C11H15BrFN3O2S/c12-8-6-11(10(14)7-9(8)13)19(17,18)15-16-4-2-1-3-5-16/h6-7,15H,1-5,14H2. The number of benzene rings is 1. The van der Waals surface area contributed by atoms with Crippen molar-refractivity contribution in [1.82, 2.24) is 9.84 Å². The molecule has 19 heavy (non-hydrogen) atoms. The number of hydrogen-bond acceptors (Lipinski definition) is 4. The predicted octanol–water partition coefficient (Wildman–Crippen LogP) is 1.85. The maximum absolute atomic E-state index is 13.3. The fraction of sp³-hybridized carbons (Fsp3) is 0.455. The van der Waals surface area contributed by atoms with E-state index in [0.717, 1.165) is 25.3 Å². The molecular weight excluding hydrogens is 337 g/mol. The summed E-state index contributed by atoms with van der Waals surface area (Å²) in [6, 6.07) is 2.17. The number of hydrogen-bond donors (Lipinski definition) is 2. The topological polar surface area (TPSA) is 75.4 Å². The second kappa shape index (κ2) is 5.74. The molecule has 0 aromatic heterocycles. The van der Waals surface area contributed by atoms with Crippen LogP contribution in [0.1, 0.15) is 19.3 Å². The lowest BCUT2D eigenvalue weighted by Gasteiger charge is -2.26. The largest absolute Gasteiger partial charge is 0.398 e. The van der Waals surface area contributed by atoms with E-state index in [2.05, 4.69) is 20.8 Å². The van der Waals surface area contributed by atoms with Gasteiger partial charge in [0.05, 0.1) is 10.2 Å². The van der Waals surface area contributed by atoms with Gasteiger partial charge in [0.25, 0.3) is 10.0 Å². The van der Waals surface area contributed by atoms with E-state index in [0.29, 0.717) is 13.1 Å². The molecule has 0 atom stereocenters. The molecule has 1 aliphatic rings. The van der Waals surface area contributed by atoms with Gasteiger partial charge in [-0.1, -0.05) is 6.42 Å². The zero-order chi connectivity index (χ0) is 14.0. The SMILES string of the molecule is Nc1cc(F)c(Br)cc1S(=O)(=O)NN1CCCCC1. The first-order chi connectivity index (χ1) is 8.90. The fourth-order valence-corrected chi connectivity index (χ4v) is 3.74. The van der Waals surface area contributed by atoms with Crippen molar-refractivity contribution in [2.45, 2.75) is 24.2 Å². The molecule has 0 unspecified atom stereocenters. The van der Waals surface area contributed by atoms with Crippen LogP contribution in [0.4, 0.5) is 10.1 Å². The van der Waals surface area contributed by atoms with Gasteiger partial charge in [-0.2, -0.15) is 0 Å². The van der Waals surface area contributed by atoms with Crippen molar-refractivity contribution in [2.75, 3.05) is 18.8 Å². The molecule has 0 saturated carbocycles. The van der Waals surface area contributed by atoms with Crippen LogP contribution in [0, 0.1) is 5.82 Å². The number of nitrogens with one attached hydrogen (secondary N) is 1. The van der Waals surface area contributed by atoms with Crippen molar-refractivity contribution >= 4 is 31.6 Å². The van der Waals surface area contributed by atoms with E-state index < -0.39 is 15.8 Å². The number of nitrogens with zero attached hydrogens (tertiary/aromatic N) is 1.